The van der Waals surface area contributed by atoms with Crippen molar-refractivity contribution in [2.24, 2.45) is 0 Å². The predicted molar refractivity (Wildman–Crippen MR) is 61.4 cm³/mol. The van der Waals surface area contributed by atoms with Crippen LogP contribution in [-0.2, 0) is 4.79 Å². The van der Waals surface area contributed by atoms with Gasteiger partial charge in [-0.3, -0.25) is 4.79 Å². The van der Waals surface area contributed by atoms with Gasteiger partial charge in [-0.2, -0.15) is 0 Å². The van der Waals surface area contributed by atoms with Crippen molar-refractivity contribution in [1.29, 1.82) is 0 Å². The van der Waals surface area contributed by atoms with Crippen molar-refractivity contribution in [3.63, 3.8) is 0 Å². The minimum Gasteiger partial charge on any atom is -0.481 e. The summed E-state index contributed by atoms with van der Waals surface area (Å²) in [5.74, 6) is -0.745. The van der Waals surface area contributed by atoms with Crippen molar-refractivity contribution >= 4 is 29.2 Å². The first kappa shape index (κ1) is 11.5. The minimum absolute atomic E-state index is 0.222. The Kier molecular flexibility index (Phi) is 4.05. The van der Waals surface area contributed by atoms with Crippen LogP contribution in [0.1, 0.15) is 13.3 Å². The van der Waals surface area contributed by atoms with Gasteiger partial charge in [0.2, 0.25) is 0 Å². The topological polar surface area (TPSA) is 68.9 Å². The van der Waals surface area contributed by atoms with E-state index < -0.39 is 5.97 Å². The number of nitrogens with one attached hydrogen (secondary N) is 2. The highest BCUT2D eigenvalue weighted by Crippen LogP contribution is 2.06. The lowest BCUT2D eigenvalue weighted by Crippen LogP contribution is -1.86. The third kappa shape index (κ3) is 3.55. The average molecular weight is 224 g/mol. The SMILES string of the molecule is CCC(=O)O.S=c1[nH]c2ccccc2[nH]1. The lowest BCUT2D eigenvalue weighted by molar-refractivity contribution is -0.136. The molecule has 0 amide bonds. The van der Waals surface area contributed by atoms with Crippen LogP contribution in [0.25, 0.3) is 11.0 Å². The van der Waals surface area contributed by atoms with Crippen LogP contribution in [-0.4, -0.2) is 21.0 Å². The van der Waals surface area contributed by atoms with E-state index in [-0.39, 0.29) is 6.42 Å². The molecular formula is C10H12N2O2S. The lowest BCUT2D eigenvalue weighted by Gasteiger charge is -1.82. The van der Waals surface area contributed by atoms with Crippen LogP contribution in [0.4, 0.5) is 0 Å². The molecule has 2 aromatic rings. The highest BCUT2D eigenvalue weighted by Gasteiger charge is 1.90. The summed E-state index contributed by atoms with van der Waals surface area (Å²) >= 11 is 4.90. The molecule has 80 valence electrons. The van der Waals surface area contributed by atoms with E-state index in [1.165, 1.54) is 0 Å². The first-order valence-corrected chi connectivity index (χ1v) is 4.93. The molecule has 1 aromatic carbocycles. The molecule has 0 saturated heterocycles. The fourth-order valence-corrected chi connectivity index (χ4v) is 1.20. The Bertz CT molecular complexity index is 465. The van der Waals surface area contributed by atoms with Crippen molar-refractivity contribution in [2.45, 2.75) is 13.3 Å². The molecule has 0 saturated carbocycles. The van der Waals surface area contributed by atoms with Gasteiger partial charge in [0.25, 0.3) is 0 Å². The van der Waals surface area contributed by atoms with Crippen LogP contribution >= 0.6 is 12.2 Å². The van der Waals surface area contributed by atoms with E-state index >= 15 is 0 Å². The largest absolute Gasteiger partial charge is 0.481 e. The summed E-state index contributed by atoms with van der Waals surface area (Å²) < 4.78 is 0.682. The molecule has 0 radical (unpaired) electrons. The molecule has 0 unspecified atom stereocenters. The molecule has 0 bridgehead atoms. The van der Waals surface area contributed by atoms with Gasteiger partial charge in [-0.05, 0) is 24.4 Å². The molecule has 0 aliphatic heterocycles. The Hall–Kier alpha value is -1.62. The molecule has 1 aromatic heterocycles. The third-order valence-corrected chi connectivity index (χ3v) is 1.93. The molecular weight excluding hydrogens is 212 g/mol. The second-order valence-electron chi connectivity index (χ2n) is 2.87. The Balaban J connectivity index is 0.000000195. The number of carboxylic acids is 1. The molecule has 3 N–H and O–H groups in total. The van der Waals surface area contributed by atoms with E-state index in [0.717, 1.165) is 11.0 Å². The van der Waals surface area contributed by atoms with E-state index in [9.17, 15) is 4.79 Å². The van der Waals surface area contributed by atoms with Crippen molar-refractivity contribution in [3.8, 4) is 0 Å². The van der Waals surface area contributed by atoms with Gasteiger partial charge >= 0.3 is 5.97 Å². The van der Waals surface area contributed by atoms with Crippen LogP contribution in [0.3, 0.4) is 0 Å². The summed E-state index contributed by atoms with van der Waals surface area (Å²) in [7, 11) is 0. The number of rotatable bonds is 1. The number of carbonyl (C=O) groups is 1. The van der Waals surface area contributed by atoms with Crippen LogP contribution in [0.5, 0.6) is 0 Å². The number of benzene rings is 1. The number of hydrogen-bond donors (Lipinski definition) is 3. The molecule has 0 aliphatic carbocycles. The standard InChI is InChI=1S/C7H6N2S.C3H6O2/c10-7-8-5-3-1-2-4-6(5)9-7;1-2-3(4)5/h1-4H,(H2,8,9,10);2H2,1H3,(H,4,5). The Morgan fingerprint density at radius 3 is 2.07 bits per heavy atom. The number of imidazole rings is 1. The number of para-hydroxylation sites is 2. The van der Waals surface area contributed by atoms with E-state index in [4.69, 9.17) is 17.3 Å². The third-order valence-electron chi connectivity index (χ3n) is 1.73. The monoisotopic (exact) mass is 224 g/mol. The number of fused-ring (bicyclic) bond motifs is 1. The Morgan fingerprint density at radius 1 is 1.33 bits per heavy atom. The number of aromatic amines is 2. The number of aromatic nitrogens is 2. The van der Waals surface area contributed by atoms with Crippen LogP contribution in [0, 0.1) is 4.77 Å². The van der Waals surface area contributed by atoms with Gasteiger partial charge in [0.15, 0.2) is 4.77 Å². The maximum absolute atomic E-state index is 9.37. The quantitative estimate of drug-likeness (QED) is 0.652. The normalized spacial score (nSPS) is 9.40. The smallest absolute Gasteiger partial charge is 0.303 e. The van der Waals surface area contributed by atoms with Crippen molar-refractivity contribution in [1.82, 2.24) is 9.97 Å². The molecule has 4 nitrogen and oxygen atoms in total. The molecule has 5 heteroatoms. The molecule has 0 fully saturated rings. The number of hydrogen-bond acceptors (Lipinski definition) is 2. The van der Waals surface area contributed by atoms with Gasteiger partial charge in [-0.1, -0.05) is 19.1 Å². The van der Waals surface area contributed by atoms with Crippen molar-refractivity contribution < 1.29 is 9.90 Å². The Labute approximate surface area is 92.0 Å². The highest BCUT2D eigenvalue weighted by atomic mass is 32.1. The van der Waals surface area contributed by atoms with Gasteiger partial charge in [0, 0.05) is 6.42 Å². The van der Waals surface area contributed by atoms with E-state index in [1.54, 1.807) is 6.92 Å². The molecule has 15 heavy (non-hydrogen) atoms. The second-order valence-corrected chi connectivity index (χ2v) is 3.28. The van der Waals surface area contributed by atoms with Gasteiger partial charge in [0.05, 0.1) is 11.0 Å². The van der Waals surface area contributed by atoms with Gasteiger partial charge in [0.1, 0.15) is 0 Å². The molecule has 0 spiro atoms. The van der Waals surface area contributed by atoms with Crippen LogP contribution in [0.2, 0.25) is 0 Å². The maximum Gasteiger partial charge on any atom is 0.303 e. The van der Waals surface area contributed by atoms with E-state index in [2.05, 4.69) is 9.97 Å². The minimum atomic E-state index is -0.745. The highest BCUT2D eigenvalue weighted by molar-refractivity contribution is 7.71. The molecule has 0 atom stereocenters. The summed E-state index contributed by atoms with van der Waals surface area (Å²) in [5, 5.41) is 7.72. The zero-order valence-electron chi connectivity index (χ0n) is 8.28. The zero-order valence-corrected chi connectivity index (χ0v) is 9.10. The molecule has 0 aliphatic rings. The van der Waals surface area contributed by atoms with Crippen molar-refractivity contribution in [2.75, 3.05) is 0 Å². The van der Waals surface area contributed by atoms with E-state index in [1.807, 2.05) is 24.3 Å². The molecule has 2 rings (SSSR count). The fourth-order valence-electron chi connectivity index (χ4n) is 0.977. The number of H-pyrrole nitrogens is 2. The first-order valence-electron chi connectivity index (χ1n) is 4.52. The first-order chi connectivity index (χ1) is 7.13. The fraction of sp³-hybridized carbons (Fsp3) is 0.200. The summed E-state index contributed by atoms with van der Waals surface area (Å²) in [5.41, 5.74) is 2.13. The maximum atomic E-state index is 9.37. The molecule has 1 heterocycles. The summed E-state index contributed by atoms with van der Waals surface area (Å²) in [6.45, 7) is 1.60. The average Bonchev–Trinajstić information content (AvgIpc) is 2.58. The predicted octanol–water partition coefficient (Wildman–Crippen LogP) is 2.71. The van der Waals surface area contributed by atoms with E-state index in [0.29, 0.717) is 4.77 Å². The van der Waals surface area contributed by atoms with Crippen LogP contribution in [0.15, 0.2) is 24.3 Å². The van der Waals surface area contributed by atoms with Crippen molar-refractivity contribution in [3.05, 3.63) is 29.0 Å². The zero-order chi connectivity index (χ0) is 11.3. The number of carboxylic acid groups (broad SMARTS) is 1. The van der Waals surface area contributed by atoms with Gasteiger partial charge < -0.3 is 15.1 Å². The second kappa shape index (κ2) is 5.31. The lowest BCUT2D eigenvalue weighted by atomic mass is 10.3. The summed E-state index contributed by atoms with van der Waals surface area (Å²) in [4.78, 5) is 15.4. The summed E-state index contributed by atoms with van der Waals surface area (Å²) in [6, 6.07) is 7.92. The Morgan fingerprint density at radius 2 is 1.73 bits per heavy atom. The van der Waals surface area contributed by atoms with Gasteiger partial charge in [-0.15, -0.1) is 0 Å². The van der Waals surface area contributed by atoms with Gasteiger partial charge in [-0.25, -0.2) is 0 Å². The van der Waals surface area contributed by atoms with Crippen LogP contribution < -0.4 is 0 Å². The summed E-state index contributed by atoms with van der Waals surface area (Å²) in [6.07, 6.45) is 0.222. The number of aliphatic carboxylic acids is 1.